The van der Waals surface area contributed by atoms with Gasteiger partial charge >= 0.3 is 0 Å². The van der Waals surface area contributed by atoms with Gasteiger partial charge < -0.3 is 16.0 Å². The van der Waals surface area contributed by atoms with Crippen LogP contribution in [0.1, 0.15) is 30.4 Å². The molecule has 1 aromatic heterocycles. The fourth-order valence-electron chi connectivity index (χ4n) is 3.37. The molecule has 2 fully saturated rings. The predicted molar refractivity (Wildman–Crippen MR) is 78.4 cm³/mol. The lowest BCUT2D eigenvalue weighted by atomic mass is 9.85. The molecule has 3 N–H and O–H groups in total. The molecule has 0 aromatic carbocycles. The van der Waals surface area contributed by atoms with Crippen molar-refractivity contribution in [2.45, 2.75) is 38.8 Å². The smallest absolute Gasteiger partial charge is 0.220 e. The number of piperidine rings is 2. The van der Waals surface area contributed by atoms with E-state index in [0.29, 0.717) is 24.9 Å². The Bertz CT molecular complexity index is 517. The van der Waals surface area contributed by atoms with Crippen molar-refractivity contribution in [1.29, 1.82) is 0 Å². The summed E-state index contributed by atoms with van der Waals surface area (Å²) < 4.78 is 0. The monoisotopic (exact) mass is 274 g/mol. The summed E-state index contributed by atoms with van der Waals surface area (Å²) in [7, 11) is 0. The molecule has 0 aliphatic carbocycles. The lowest BCUT2D eigenvalue weighted by Gasteiger charge is -2.42. The van der Waals surface area contributed by atoms with Gasteiger partial charge in [-0.05, 0) is 42.9 Å². The van der Waals surface area contributed by atoms with Crippen LogP contribution in [-0.2, 0) is 11.3 Å². The molecule has 0 bridgehead atoms. The van der Waals surface area contributed by atoms with Crippen LogP contribution in [-0.4, -0.2) is 30.0 Å². The summed E-state index contributed by atoms with van der Waals surface area (Å²) in [5.41, 5.74) is 7.92. The predicted octanol–water partition coefficient (Wildman–Crippen LogP) is 0.954. The number of aromatic nitrogens is 1. The van der Waals surface area contributed by atoms with Gasteiger partial charge in [0.15, 0.2) is 0 Å². The third-order valence-corrected chi connectivity index (χ3v) is 4.47. The Morgan fingerprint density at radius 3 is 3.10 bits per heavy atom. The summed E-state index contributed by atoms with van der Waals surface area (Å²) in [6, 6.07) is 2.48. The highest BCUT2D eigenvalue weighted by Crippen LogP contribution is 2.29. The molecule has 2 atom stereocenters. The minimum atomic E-state index is 0.210. The molecular formula is C15H22N4O. The minimum Gasteiger partial charge on any atom is -0.356 e. The standard InChI is InChI=1S/C15H22N4O/c1-10-6-11(7-16)8-17-15(10)19-5-4-13-12(9-19)2-3-14(20)18-13/h6,8,12-13H,2-5,7,9,16H2,1H3,(H,18,20). The number of carbonyl (C=O) groups is 1. The second-order valence-corrected chi connectivity index (χ2v) is 5.90. The fourth-order valence-corrected chi connectivity index (χ4v) is 3.37. The first-order valence-corrected chi connectivity index (χ1v) is 7.37. The quantitative estimate of drug-likeness (QED) is 0.842. The topological polar surface area (TPSA) is 71.2 Å². The third kappa shape index (κ3) is 2.50. The van der Waals surface area contributed by atoms with Crippen LogP contribution in [0.3, 0.4) is 0 Å². The van der Waals surface area contributed by atoms with E-state index in [1.807, 2.05) is 6.20 Å². The zero-order chi connectivity index (χ0) is 14.1. The average Bonchev–Trinajstić information content (AvgIpc) is 2.46. The number of hydrogen-bond donors (Lipinski definition) is 2. The van der Waals surface area contributed by atoms with Gasteiger partial charge in [0.2, 0.25) is 5.91 Å². The summed E-state index contributed by atoms with van der Waals surface area (Å²) >= 11 is 0. The molecule has 2 unspecified atom stereocenters. The first-order chi connectivity index (χ1) is 9.67. The number of pyridine rings is 1. The van der Waals surface area contributed by atoms with Crippen LogP contribution in [0.5, 0.6) is 0 Å². The molecule has 1 aromatic rings. The van der Waals surface area contributed by atoms with Crippen LogP contribution >= 0.6 is 0 Å². The summed E-state index contributed by atoms with van der Waals surface area (Å²) in [4.78, 5) is 18.4. The zero-order valence-electron chi connectivity index (χ0n) is 11.9. The average molecular weight is 274 g/mol. The molecule has 0 spiro atoms. The number of aryl methyl sites for hydroxylation is 1. The van der Waals surface area contributed by atoms with Crippen LogP contribution in [0, 0.1) is 12.8 Å². The van der Waals surface area contributed by atoms with E-state index in [1.54, 1.807) is 0 Å². The first kappa shape index (κ1) is 13.4. The number of amides is 1. The number of fused-ring (bicyclic) bond motifs is 1. The van der Waals surface area contributed by atoms with Crippen molar-refractivity contribution in [2.24, 2.45) is 11.7 Å². The lowest BCUT2D eigenvalue weighted by Crippen LogP contribution is -2.54. The summed E-state index contributed by atoms with van der Waals surface area (Å²) in [5.74, 6) is 1.83. The Kier molecular flexibility index (Phi) is 3.61. The van der Waals surface area contributed by atoms with Crippen LogP contribution in [0.15, 0.2) is 12.3 Å². The molecule has 1 amide bonds. The van der Waals surface area contributed by atoms with Crippen LogP contribution in [0.2, 0.25) is 0 Å². The largest absolute Gasteiger partial charge is 0.356 e. The Labute approximate surface area is 119 Å². The first-order valence-electron chi connectivity index (χ1n) is 7.37. The molecule has 2 aliphatic rings. The SMILES string of the molecule is Cc1cc(CN)cnc1N1CCC2NC(=O)CCC2C1. The van der Waals surface area contributed by atoms with Gasteiger partial charge in [-0.25, -0.2) is 4.98 Å². The third-order valence-electron chi connectivity index (χ3n) is 4.47. The van der Waals surface area contributed by atoms with E-state index < -0.39 is 0 Å². The number of carbonyl (C=O) groups excluding carboxylic acids is 1. The number of anilines is 1. The second kappa shape index (κ2) is 5.40. The van der Waals surface area contributed by atoms with E-state index in [2.05, 4.69) is 28.2 Å². The van der Waals surface area contributed by atoms with E-state index in [0.717, 1.165) is 37.3 Å². The molecule has 20 heavy (non-hydrogen) atoms. The molecule has 5 nitrogen and oxygen atoms in total. The van der Waals surface area contributed by atoms with Crippen LogP contribution in [0.25, 0.3) is 0 Å². The second-order valence-electron chi connectivity index (χ2n) is 5.90. The van der Waals surface area contributed by atoms with E-state index in [1.165, 1.54) is 5.56 Å². The number of nitrogens with one attached hydrogen (secondary N) is 1. The van der Waals surface area contributed by atoms with Gasteiger partial charge in [-0.2, -0.15) is 0 Å². The Morgan fingerprint density at radius 2 is 2.35 bits per heavy atom. The van der Waals surface area contributed by atoms with Gasteiger partial charge in [-0.1, -0.05) is 0 Å². The highest BCUT2D eigenvalue weighted by atomic mass is 16.1. The van der Waals surface area contributed by atoms with E-state index in [9.17, 15) is 4.79 Å². The van der Waals surface area contributed by atoms with Crippen molar-refractivity contribution in [3.05, 3.63) is 23.4 Å². The maximum absolute atomic E-state index is 11.4. The molecule has 3 rings (SSSR count). The highest BCUT2D eigenvalue weighted by molar-refractivity contribution is 5.77. The number of hydrogen-bond acceptors (Lipinski definition) is 4. The van der Waals surface area contributed by atoms with E-state index in [-0.39, 0.29) is 5.91 Å². The molecule has 108 valence electrons. The maximum atomic E-state index is 11.4. The fraction of sp³-hybridized carbons (Fsp3) is 0.600. The van der Waals surface area contributed by atoms with Crippen molar-refractivity contribution >= 4 is 11.7 Å². The highest BCUT2D eigenvalue weighted by Gasteiger charge is 2.34. The molecule has 0 radical (unpaired) electrons. The Hall–Kier alpha value is -1.62. The molecule has 3 heterocycles. The van der Waals surface area contributed by atoms with Gasteiger partial charge in [0.1, 0.15) is 5.82 Å². The molecule has 5 heteroatoms. The van der Waals surface area contributed by atoms with Crippen molar-refractivity contribution in [1.82, 2.24) is 10.3 Å². The molecule has 0 saturated carbocycles. The van der Waals surface area contributed by atoms with E-state index >= 15 is 0 Å². The molecule has 2 saturated heterocycles. The van der Waals surface area contributed by atoms with Crippen molar-refractivity contribution in [3.63, 3.8) is 0 Å². The molecule has 2 aliphatic heterocycles. The maximum Gasteiger partial charge on any atom is 0.220 e. The van der Waals surface area contributed by atoms with E-state index in [4.69, 9.17) is 5.73 Å². The minimum absolute atomic E-state index is 0.210. The summed E-state index contributed by atoms with van der Waals surface area (Å²) in [5, 5.41) is 3.12. The van der Waals surface area contributed by atoms with Crippen molar-refractivity contribution < 1.29 is 4.79 Å². The normalized spacial score (nSPS) is 26.1. The van der Waals surface area contributed by atoms with Gasteiger partial charge in [0, 0.05) is 38.3 Å². The summed E-state index contributed by atoms with van der Waals surface area (Å²) in [6.07, 6.45) is 4.54. The summed E-state index contributed by atoms with van der Waals surface area (Å²) in [6.45, 7) is 4.57. The Morgan fingerprint density at radius 1 is 1.50 bits per heavy atom. The lowest BCUT2D eigenvalue weighted by molar-refractivity contribution is -0.124. The van der Waals surface area contributed by atoms with Gasteiger partial charge in [0.25, 0.3) is 0 Å². The Balaban J connectivity index is 1.74. The number of nitrogens with two attached hydrogens (primary N) is 1. The van der Waals surface area contributed by atoms with Crippen molar-refractivity contribution in [2.75, 3.05) is 18.0 Å². The van der Waals surface area contributed by atoms with Gasteiger partial charge in [-0.15, -0.1) is 0 Å². The van der Waals surface area contributed by atoms with Crippen LogP contribution < -0.4 is 16.0 Å². The molecular weight excluding hydrogens is 252 g/mol. The van der Waals surface area contributed by atoms with Gasteiger partial charge in [-0.3, -0.25) is 4.79 Å². The van der Waals surface area contributed by atoms with Crippen LogP contribution in [0.4, 0.5) is 5.82 Å². The number of nitrogens with zero attached hydrogens (tertiary/aromatic N) is 2. The van der Waals surface area contributed by atoms with Gasteiger partial charge in [0.05, 0.1) is 0 Å². The zero-order valence-corrected chi connectivity index (χ0v) is 11.9. The van der Waals surface area contributed by atoms with Crippen molar-refractivity contribution in [3.8, 4) is 0 Å². The number of rotatable bonds is 2.